The van der Waals surface area contributed by atoms with Crippen LogP contribution in [0, 0.1) is 0 Å². The highest BCUT2D eigenvalue weighted by atomic mass is 16.5. The first-order chi connectivity index (χ1) is 9.35. The first-order valence-electron chi connectivity index (χ1n) is 6.37. The van der Waals surface area contributed by atoms with Gasteiger partial charge in [0.05, 0.1) is 13.0 Å². The topological polar surface area (TPSA) is 73.1 Å². The first kappa shape index (κ1) is 12.1. The summed E-state index contributed by atoms with van der Waals surface area (Å²) >= 11 is 0. The molecule has 3 heterocycles. The van der Waals surface area contributed by atoms with Gasteiger partial charge in [0.1, 0.15) is 0 Å². The van der Waals surface area contributed by atoms with E-state index in [0.717, 1.165) is 31.0 Å². The molecule has 19 heavy (non-hydrogen) atoms. The molecule has 0 aliphatic carbocycles. The van der Waals surface area contributed by atoms with Crippen LogP contribution in [0.4, 0.5) is 0 Å². The van der Waals surface area contributed by atoms with Crippen molar-refractivity contribution >= 4 is 0 Å². The van der Waals surface area contributed by atoms with Gasteiger partial charge in [-0.05, 0) is 18.5 Å². The van der Waals surface area contributed by atoms with Gasteiger partial charge in [0.2, 0.25) is 11.8 Å². The zero-order valence-electron chi connectivity index (χ0n) is 10.8. The Morgan fingerprint density at radius 3 is 3.11 bits per heavy atom. The van der Waals surface area contributed by atoms with Crippen molar-refractivity contribution in [2.45, 2.75) is 18.8 Å². The maximum absolute atomic E-state index is 5.32. The van der Waals surface area contributed by atoms with Crippen molar-refractivity contribution in [1.82, 2.24) is 20.4 Å². The fraction of sp³-hybridized carbons (Fsp3) is 0.462. The summed E-state index contributed by atoms with van der Waals surface area (Å²) in [7, 11) is 1.60. The van der Waals surface area contributed by atoms with Crippen molar-refractivity contribution in [1.29, 1.82) is 0 Å². The zero-order valence-corrected chi connectivity index (χ0v) is 10.8. The summed E-state index contributed by atoms with van der Waals surface area (Å²) < 4.78 is 10.3. The van der Waals surface area contributed by atoms with Crippen LogP contribution in [0.3, 0.4) is 0 Å². The van der Waals surface area contributed by atoms with E-state index in [1.54, 1.807) is 13.3 Å². The molecule has 3 rings (SSSR count). The van der Waals surface area contributed by atoms with Crippen molar-refractivity contribution in [3.05, 3.63) is 35.6 Å². The number of hydrogen-bond acceptors (Lipinski definition) is 6. The molecule has 1 fully saturated rings. The van der Waals surface area contributed by atoms with Crippen molar-refractivity contribution in [2.24, 2.45) is 0 Å². The average Bonchev–Trinajstić information content (AvgIpc) is 3.10. The van der Waals surface area contributed by atoms with E-state index in [9.17, 15) is 0 Å². The molecule has 0 amide bonds. The molecule has 2 aromatic heterocycles. The molecule has 6 nitrogen and oxygen atoms in total. The lowest BCUT2D eigenvalue weighted by molar-refractivity contribution is 0.355. The fourth-order valence-electron chi connectivity index (χ4n) is 2.19. The predicted molar refractivity (Wildman–Crippen MR) is 68.1 cm³/mol. The minimum Gasteiger partial charge on any atom is -0.481 e. The molecular weight excluding hydrogens is 244 g/mol. The Kier molecular flexibility index (Phi) is 3.41. The van der Waals surface area contributed by atoms with E-state index in [4.69, 9.17) is 9.26 Å². The molecule has 2 aromatic rings. The Hall–Kier alpha value is -1.95. The summed E-state index contributed by atoms with van der Waals surface area (Å²) in [5, 5.41) is 7.32. The van der Waals surface area contributed by atoms with Gasteiger partial charge in [0.15, 0.2) is 5.82 Å². The summed E-state index contributed by atoms with van der Waals surface area (Å²) in [6, 6.07) is 3.79. The third kappa shape index (κ3) is 2.73. The van der Waals surface area contributed by atoms with E-state index in [2.05, 4.69) is 20.4 Å². The molecule has 1 aliphatic rings. The normalized spacial score (nSPS) is 18.7. The van der Waals surface area contributed by atoms with E-state index in [-0.39, 0.29) is 0 Å². The van der Waals surface area contributed by atoms with Gasteiger partial charge in [-0.1, -0.05) is 11.2 Å². The molecule has 1 unspecified atom stereocenters. The molecule has 0 bridgehead atoms. The third-order valence-electron chi connectivity index (χ3n) is 3.26. The van der Waals surface area contributed by atoms with Gasteiger partial charge in [0, 0.05) is 25.2 Å². The number of pyridine rings is 1. The lowest BCUT2D eigenvalue weighted by Crippen LogP contribution is -2.08. The molecule has 1 atom stereocenters. The van der Waals surface area contributed by atoms with Crippen LogP contribution in [0.1, 0.15) is 29.6 Å². The van der Waals surface area contributed by atoms with E-state index in [1.807, 2.05) is 12.1 Å². The van der Waals surface area contributed by atoms with Crippen molar-refractivity contribution < 1.29 is 9.26 Å². The van der Waals surface area contributed by atoms with Gasteiger partial charge in [-0.3, -0.25) is 0 Å². The van der Waals surface area contributed by atoms with Crippen molar-refractivity contribution in [3.63, 3.8) is 0 Å². The van der Waals surface area contributed by atoms with Gasteiger partial charge in [-0.2, -0.15) is 4.98 Å². The van der Waals surface area contributed by atoms with E-state index in [0.29, 0.717) is 24.0 Å². The van der Waals surface area contributed by atoms with Crippen LogP contribution >= 0.6 is 0 Å². The minimum absolute atomic E-state index is 0.357. The minimum atomic E-state index is 0.357. The Morgan fingerprint density at radius 1 is 1.47 bits per heavy atom. The Balaban J connectivity index is 1.68. The van der Waals surface area contributed by atoms with Gasteiger partial charge < -0.3 is 14.6 Å². The highest BCUT2D eigenvalue weighted by Crippen LogP contribution is 2.20. The van der Waals surface area contributed by atoms with Gasteiger partial charge in [-0.15, -0.1) is 0 Å². The van der Waals surface area contributed by atoms with E-state index < -0.39 is 0 Å². The molecule has 0 radical (unpaired) electrons. The summed E-state index contributed by atoms with van der Waals surface area (Å²) in [6.45, 7) is 1.94. The number of ether oxygens (including phenoxy) is 1. The lowest BCUT2D eigenvalue weighted by atomic mass is 10.1. The maximum Gasteiger partial charge on any atom is 0.231 e. The van der Waals surface area contributed by atoms with Gasteiger partial charge >= 0.3 is 0 Å². The van der Waals surface area contributed by atoms with Crippen LogP contribution in [0.5, 0.6) is 5.88 Å². The summed E-state index contributed by atoms with van der Waals surface area (Å²) in [6.07, 6.45) is 3.46. The smallest absolute Gasteiger partial charge is 0.231 e. The van der Waals surface area contributed by atoms with Crippen molar-refractivity contribution in [3.8, 4) is 5.88 Å². The number of aromatic nitrogens is 3. The molecule has 6 heteroatoms. The molecule has 100 valence electrons. The van der Waals surface area contributed by atoms with Gasteiger partial charge in [-0.25, -0.2) is 4.98 Å². The Morgan fingerprint density at radius 2 is 2.42 bits per heavy atom. The van der Waals surface area contributed by atoms with Crippen LogP contribution in [0.2, 0.25) is 0 Å². The average molecular weight is 260 g/mol. The molecule has 0 aromatic carbocycles. The molecule has 1 aliphatic heterocycles. The number of hydrogen-bond donors (Lipinski definition) is 1. The third-order valence-corrected chi connectivity index (χ3v) is 3.26. The molecular formula is C13H16N4O2. The molecule has 0 spiro atoms. The zero-order chi connectivity index (χ0) is 13.1. The summed E-state index contributed by atoms with van der Waals surface area (Å²) in [5.74, 6) is 2.40. The van der Waals surface area contributed by atoms with Crippen molar-refractivity contribution in [2.75, 3.05) is 20.2 Å². The number of rotatable bonds is 4. The first-order valence-corrected chi connectivity index (χ1v) is 6.37. The molecule has 0 saturated carbocycles. The number of nitrogens with zero attached hydrogens (tertiary/aromatic N) is 3. The largest absolute Gasteiger partial charge is 0.481 e. The van der Waals surface area contributed by atoms with Gasteiger partial charge in [0.25, 0.3) is 0 Å². The molecule has 1 saturated heterocycles. The van der Waals surface area contributed by atoms with Crippen LogP contribution in [-0.4, -0.2) is 35.3 Å². The lowest BCUT2D eigenvalue weighted by Gasteiger charge is -2.00. The summed E-state index contributed by atoms with van der Waals surface area (Å²) in [5.41, 5.74) is 1.04. The maximum atomic E-state index is 5.32. The Bertz CT molecular complexity index is 532. The second kappa shape index (κ2) is 5.36. The Labute approximate surface area is 111 Å². The SMILES string of the molecule is COc1ccc(Cc2noc(C3CCNC3)n2)cn1. The second-order valence-corrected chi connectivity index (χ2v) is 4.62. The van der Waals surface area contributed by atoms with Crippen LogP contribution in [0.15, 0.2) is 22.9 Å². The fourth-order valence-corrected chi connectivity index (χ4v) is 2.19. The van der Waals surface area contributed by atoms with E-state index in [1.165, 1.54) is 0 Å². The van der Waals surface area contributed by atoms with Crippen LogP contribution in [0.25, 0.3) is 0 Å². The van der Waals surface area contributed by atoms with E-state index >= 15 is 0 Å². The molecule has 1 N–H and O–H groups in total. The quantitative estimate of drug-likeness (QED) is 0.888. The standard InChI is InChI=1S/C13H16N4O2/c1-18-12-3-2-9(7-15-12)6-11-16-13(19-17-11)10-4-5-14-8-10/h2-3,7,10,14H,4-6,8H2,1H3. The van der Waals surface area contributed by atoms with Crippen LogP contribution < -0.4 is 10.1 Å². The summed E-state index contributed by atoms with van der Waals surface area (Å²) in [4.78, 5) is 8.61. The predicted octanol–water partition coefficient (Wildman–Crippen LogP) is 1.14. The number of nitrogens with one attached hydrogen (secondary N) is 1. The monoisotopic (exact) mass is 260 g/mol. The van der Waals surface area contributed by atoms with Crippen LogP contribution in [-0.2, 0) is 6.42 Å². The highest BCUT2D eigenvalue weighted by Gasteiger charge is 2.22. The highest BCUT2D eigenvalue weighted by molar-refractivity contribution is 5.20. The number of methoxy groups -OCH3 is 1. The second-order valence-electron chi connectivity index (χ2n) is 4.62.